The predicted molar refractivity (Wildman–Crippen MR) is 79.3 cm³/mol. The summed E-state index contributed by atoms with van der Waals surface area (Å²) in [6.07, 6.45) is 4.19. The summed E-state index contributed by atoms with van der Waals surface area (Å²) in [6.45, 7) is 8.10. The summed E-state index contributed by atoms with van der Waals surface area (Å²) >= 11 is 0. The van der Waals surface area contributed by atoms with Crippen molar-refractivity contribution in [3.8, 4) is 0 Å². The molecule has 0 spiro atoms. The minimum atomic E-state index is -0.832. The number of carbonyl (C=O) groups is 1. The van der Waals surface area contributed by atoms with Crippen LogP contribution in [-0.2, 0) is 4.79 Å². The summed E-state index contributed by atoms with van der Waals surface area (Å²) in [5.74, 6) is 0.496. The Morgan fingerprint density at radius 1 is 1.43 bits per heavy atom. The maximum absolute atomic E-state index is 11.1. The second kappa shape index (κ2) is 5.67. The van der Waals surface area contributed by atoms with E-state index in [0.29, 0.717) is 11.5 Å². The maximum atomic E-state index is 11.1. The van der Waals surface area contributed by atoms with Crippen molar-refractivity contribution in [3.63, 3.8) is 0 Å². The molecule has 114 valence electrons. The highest BCUT2D eigenvalue weighted by atomic mass is 16.4. The van der Waals surface area contributed by atoms with Gasteiger partial charge in [0.25, 0.3) is 0 Å². The lowest BCUT2D eigenvalue weighted by Gasteiger charge is -2.26. The van der Waals surface area contributed by atoms with Gasteiger partial charge in [0.2, 0.25) is 5.65 Å². The molecule has 21 heavy (non-hydrogen) atoms. The first kappa shape index (κ1) is 15.2. The number of hydrogen-bond acceptors (Lipinski definition) is 5. The molecule has 0 bridgehead atoms. The van der Waals surface area contributed by atoms with Gasteiger partial charge in [0, 0.05) is 18.4 Å². The minimum Gasteiger partial charge on any atom is -0.481 e. The van der Waals surface area contributed by atoms with Gasteiger partial charge in [0.05, 0.1) is 6.42 Å². The molecular weight excluding hydrogens is 270 g/mol. The molecule has 1 atom stereocenters. The molecule has 0 amide bonds. The molecular formula is C14H21N5O2. The van der Waals surface area contributed by atoms with Gasteiger partial charge >= 0.3 is 5.97 Å². The van der Waals surface area contributed by atoms with Crippen LogP contribution in [0.2, 0.25) is 0 Å². The Morgan fingerprint density at radius 3 is 2.76 bits per heavy atom. The van der Waals surface area contributed by atoms with Crippen LogP contribution in [-0.4, -0.2) is 36.7 Å². The number of hydrogen-bond donors (Lipinski definition) is 2. The van der Waals surface area contributed by atoms with Gasteiger partial charge in [0.15, 0.2) is 5.82 Å². The monoisotopic (exact) mass is 291 g/mol. The van der Waals surface area contributed by atoms with Gasteiger partial charge in [-0.1, -0.05) is 20.8 Å². The molecule has 2 aromatic rings. The Bertz CT molecular complexity index is 644. The van der Waals surface area contributed by atoms with E-state index in [1.54, 1.807) is 12.4 Å². The third-order valence-electron chi connectivity index (χ3n) is 3.12. The first-order chi connectivity index (χ1) is 9.76. The van der Waals surface area contributed by atoms with Crippen LogP contribution in [0, 0.1) is 12.3 Å². The Kier molecular flexibility index (Phi) is 4.11. The SMILES string of the molecule is Cc1nnc2c(NC(CC(=O)O)CC(C)(C)C)nccn12. The quantitative estimate of drug-likeness (QED) is 0.876. The zero-order valence-electron chi connectivity index (χ0n) is 12.8. The van der Waals surface area contributed by atoms with E-state index in [9.17, 15) is 4.79 Å². The zero-order chi connectivity index (χ0) is 15.6. The Morgan fingerprint density at radius 2 is 2.14 bits per heavy atom. The molecule has 0 aliphatic heterocycles. The normalized spacial score (nSPS) is 13.3. The van der Waals surface area contributed by atoms with Gasteiger partial charge in [-0.2, -0.15) is 0 Å². The number of aryl methyl sites for hydroxylation is 1. The summed E-state index contributed by atoms with van der Waals surface area (Å²) in [7, 11) is 0. The molecule has 2 heterocycles. The van der Waals surface area contributed by atoms with Crippen molar-refractivity contribution in [1.29, 1.82) is 0 Å². The van der Waals surface area contributed by atoms with E-state index in [2.05, 4.69) is 41.3 Å². The topological polar surface area (TPSA) is 92.4 Å². The number of anilines is 1. The molecule has 0 saturated heterocycles. The van der Waals surface area contributed by atoms with E-state index in [4.69, 9.17) is 5.11 Å². The van der Waals surface area contributed by atoms with E-state index in [0.717, 1.165) is 12.2 Å². The number of carboxylic acids is 1. The van der Waals surface area contributed by atoms with Gasteiger partial charge in [-0.3, -0.25) is 9.20 Å². The zero-order valence-corrected chi connectivity index (χ0v) is 12.8. The lowest BCUT2D eigenvalue weighted by atomic mass is 9.87. The predicted octanol–water partition coefficient (Wildman–Crippen LogP) is 2.12. The number of aromatic nitrogens is 4. The van der Waals surface area contributed by atoms with Crippen molar-refractivity contribution in [2.45, 2.75) is 46.6 Å². The standard InChI is InChI=1S/C14H21N5O2/c1-9-17-18-13-12(15-5-6-19(9)13)16-10(7-11(20)21)8-14(2,3)4/h5-6,10H,7-8H2,1-4H3,(H,15,16)(H,20,21). The average molecular weight is 291 g/mol. The van der Waals surface area contributed by atoms with E-state index in [1.165, 1.54) is 0 Å². The summed E-state index contributed by atoms with van der Waals surface area (Å²) in [5, 5.41) is 20.4. The van der Waals surface area contributed by atoms with Crippen LogP contribution in [0.15, 0.2) is 12.4 Å². The fourth-order valence-electron chi connectivity index (χ4n) is 2.36. The molecule has 2 N–H and O–H groups in total. The van der Waals surface area contributed by atoms with Crippen LogP contribution in [0.25, 0.3) is 5.65 Å². The third-order valence-corrected chi connectivity index (χ3v) is 3.12. The van der Waals surface area contributed by atoms with E-state index >= 15 is 0 Å². The van der Waals surface area contributed by atoms with Crippen LogP contribution in [0.1, 0.15) is 39.4 Å². The molecule has 7 heteroatoms. The Balaban J connectivity index is 2.27. The third kappa shape index (κ3) is 3.90. The summed E-state index contributed by atoms with van der Waals surface area (Å²) < 4.78 is 1.82. The summed E-state index contributed by atoms with van der Waals surface area (Å²) in [6, 6.07) is -0.210. The molecule has 0 radical (unpaired) electrons. The van der Waals surface area contributed by atoms with E-state index in [-0.39, 0.29) is 17.9 Å². The van der Waals surface area contributed by atoms with Crippen LogP contribution >= 0.6 is 0 Å². The molecule has 0 aliphatic carbocycles. The van der Waals surface area contributed by atoms with E-state index in [1.807, 2.05) is 11.3 Å². The van der Waals surface area contributed by atoms with Crippen LogP contribution in [0.4, 0.5) is 5.82 Å². The molecule has 2 aromatic heterocycles. The summed E-state index contributed by atoms with van der Waals surface area (Å²) in [5.41, 5.74) is 0.626. The van der Waals surface area contributed by atoms with Gasteiger partial charge in [0.1, 0.15) is 5.82 Å². The second-order valence-electron chi connectivity index (χ2n) is 6.42. The van der Waals surface area contributed by atoms with Crippen LogP contribution < -0.4 is 5.32 Å². The lowest BCUT2D eigenvalue weighted by Crippen LogP contribution is -2.29. The fourth-order valence-corrected chi connectivity index (χ4v) is 2.36. The number of carboxylic acid groups (broad SMARTS) is 1. The fraction of sp³-hybridized carbons (Fsp3) is 0.571. The van der Waals surface area contributed by atoms with Gasteiger partial charge in [-0.05, 0) is 18.8 Å². The van der Waals surface area contributed by atoms with Gasteiger partial charge < -0.3 is 10.4 Å². The molecule has 2 rings (SSSR count). The first-order valence-electron chi connectivity index (χ1n) is 6.91. The average Bonchev–Trinajstić information content (AvgIpc) is 2.69. The summed E-state index contributed by atoms with van der Waals surface area (Å²) in [4.78, 5) is 15.3. The number of fused-ring (bicyclic) bond motifs is 1. The second-order valence-corrected chi connectivity index (χ2v) is 6.42. The van der Waals surface area contributed by atoms with Crippen LogP contribution in [0.5, 0.6) is 0 Å². The highest BCUT2D eigenvalue weighted by Crippen LogP contribution is 2.25. The Labute approximate surface area is 123 Å². The molecule has 0 aliphatic rings. The van der Waals surface area contributed by atoms with E-state index < -0.39 is 5.97 Å². The van der Waals surface area contributed by atoms with Gasteiger partial charge in [-0.15, -0.1) is 10.2 Å². The number of rotatable bonds is 5. The number of nitrogens with one attached hydrogen (secondary N) is 1. The molecule has 0 aromatic carbocycles. The lowest BCUT2D eigenvalue weighted by molar-refractivity contribution is -0.137. The van der Waals surface area contributed by atoms with Crippen LogP contribution in [0.3, 0.4) is 0 Å². The van der Waals surface area contributed by atoms with Crippen molar-refractivity contribution in [2.75, 3.05) is 5.32 Å². The van der Waals surface area contributed by atoms with Crippen molar-refractivity contribution < 1.29 is 9.90 Å². The highest BCUT2D eigenvalue weighted by molar-refractivity contribution is 5.69. The smallest absolute Gasteiger partial charge is 0.305 e. The van der Waals surface area contributed by atoms with Crippen molar-refractivity contribution in [1.82, 2.24) is 19.6 Å². The maximum Gasteiger partial charge on any atom is 0.305 e. The highest BCUT2D eigenvalue weighted by Gasteiger charge is 2.22. The Hall–Kier alpha value is -2.18. The first-order valence-corrected chi connectivity index (χ1v) is 6.91. The molecule has 0 fully saturated rings. The molecule has 1 unspecified atom stereocenters. The van der Waals surface area contributed by atoms with Crippen molar-refractivity contribution in [3.05, 3.63) is 18.2 Å². The van der Waals surface area contributed by atoms with Crippen molar-refractivity contribution in [2.24, 2.45) is 5.41 Å². The molecule has 7 nitrogen and oxygen atoms in total. The van der Waals surface area contributed by atoms with Gasteiger partial charge in [-0.25, -0.2) is 4.98 Å². The number of aliphatic carboxylic acids is 1. The van der Waals surface area contributed by atoms with Crippen molar-refractivity contribution >= 4 is 17.4 Å². The largest absolute Gasteiger partial charge is 0.481 e. The number of nitrogens with zero attached hydrogens (tertiary/aromatic N) is 4. The molecule has 0 saturated carbocycles. The minimum absolute atomic E-state index is 0.0156.